The number of hydrogen-bond donors (Lipinski definition) is 3. The summed E-state index contributed by atoms with van der Waals surface area (Å²) in [4.78, 5) is 24.1. The van der Waals surface area contributed by atoms with Crippen LogP contribution in [0.2, 0.25) is 0 Å². The summed E-state index contributed by atoms with van der Waals surface area (Å²) >= 11 is 0. The lowest BCUT2D eigenvalue weighted by atomic mass is 9.97. The molecule has 4 N–H and O–H groups in total. The molecule has 0 aliphatic carbocycles. The fourth-order valence-electron chi connectivity index (χ4n) is 1.32. The summed E-state index contributed by atoms with van der Waals surface area (Å²) < 4.78 is 10.4. The number of nitrogen functional groups attached to an aromatic ring is 1. The normalized spacial score (nSPS) is 11.9. The van der Waals surface area contributed by atoms with Gasteiger partial charge in [0.1, 0.15) is 5.69 Å². The summed E-state index contributed by atoms with van der Waals surface area (Å²) in [6.45, 7) is 9.81. The lowest BCUT2D eigenvalue weighted by Gasteiger charge is -2.21. The minimum atomic E-state index is -0.842. The predicted molar refractivity (Wildman–Crippen MR) is 84.4 cm³/mol. The molecule has 0 radical (unpaired) electrons. The fraction of sp³-hybridized carbons (Fsp3) is 0.500. The van der Waals surface area contributed by atoms with Gasteiger partial charge in [-0.25, -0.2) is 0 Å². The van der Waals surface area contributed by atoms with E-state index in [0.29, 0.717) is 0 Å². The number of rotatable bonds is 2. The number of phenolic OH excluding ortho intramolecular Hbond substituents is 2. The molecule has 1 aromatic rings. The number of carbonyl (C=O) groups is 2. The Hall–Kier alpha value is -2.44. The molecule has 23 heavy (non-hydrogen) atoms. The number of benzene rings is 1. The Balaban J connectivity index is 3.34. The summed E-state index contributed by atoms with van der Waals surface area (Å²) in [6.07, 6.45) is 0. The van der Waals surface area contributed by atoms with Crippen LogP contribution in [-0.4, -0.2) is 22.2 Å². The third-order valence-electron chi connectivity index (χ3n) is 2.86. The van der Waals surface area contributed by atoms with Gasteiger partial charge in [-0.2, -0.15) is 0 Å². The number of nitrogens with two attached hydrogens (primary N) is 1. The number of anilines is 1. The van der Waals surface area contributed by atoms with Gasteiger partial charge in [0.05, 0.1) is 10.8 Å². The van der Waals surface area contributed by atoms with Crippen LogP contribution in [-0.2, 0) is 9.59 Å². The minimum absolute atomic E-state index is 0.240. The summed E-state index contributed by atoms with van der Waals surface area (Å²) in [7, 11) is 0. The van der Waals surface area contributed by atoms with Crippen LogP contribution in [0.25, 0.3) is 0 Å². The molecule has 0 fully saturated rings. The van der Waals surface area contributed by atoms with E-state index < -0.39 is 34.3 Å². The number of ether oxygens (including phenoxy) is 2. The lowest BCUT2D eigenvalue weighted by Crippen LogP contribution is -2.28. The van der Waals surface area contributed by atoms with E-state index in [9.17, 15) is 19.8 Å². The van der Waals surface area contributed by atoms with Crippen LogP contribution in [0.4, 0.5) is 5.69 Å². The fourth-order valence-corrected chi connectivity index (χ4v) is 1.32. The predicted octanol–water partition coefficient (Wildman–Crippen LogP) is 2.58. The van der Waals surface area contributed by atoms with Crippen LogP contribution < -0.4 is 15.2 Å². The quantitative estimate of drug-likeness (QED) is 0.331. The molecule has 7 nitrogen and oxygen atoms in total. The standard InChI is InChI=1S/C16H23NO6/c1-15(2,3)13(20)22-9-7-8(18)11(19)10(17)12(9)23-14(21)16(4,5)6/h7,18-19H,17H2,1-6H3. The zero-order valence-corrected chi connectivity index (χ0v) is 14.2. The summed E-state index contributed by atoms with van der Waals surface area (Å²) in [5.41, 5.74) is 3.62. The highest BCUT2D eigenvalue weighted by Crippen LogP contribution is 2.46. The van der Waals surface area contributed by atoms with Gasteiger partial charge in [0.15, 0.2) is 23.0 Å². The maximum Gasteiger partial charge on any atom is 0.316 e. The van der Waals surface area contributed by atoms with Gasteiger partial charge in [-0.05, 0) is 41.5 Å². The van der Waals surface area contributed by atoms with Crippen molar-refractivity contribution in [3.8, 4) is 23.0 Å². The SMILES string of the molecule is CC(C)(C)C(=O)Oc1cc(O)c(O)c(N)c1OC(=O)C(C)(C)C. The van der Waals surface area contributed by atoms with Crippen molar-refractivity contribution in [1.82, 2.24) is 0 Å². The van der Waals surface area contributed by atoms with Crippen LogP contribution in [0.3, 0.4) is 0 Å². The lowest BCUT2D eigenvalue weighted by molar-refractivity contribution is -0.145. The zero-order valence-electron chi connectivity index (χ0n) is 14.2. The van der Waals surface area contributed by atoms with Crippen LogP contribution in [0.1, 0.15) is 41.5 Å². The summed E-state index contributed by atoms with van der Waals surface area (Å²) in [6, 6.07) is 0.973. The molecule has 0 saturated heterocycles. The van der Waals surface area contributed by atoms with Crippen molar-refractivity contribution in [2.75, 3.05) is 5.73 Å². The van der Waals surface area contributed by atoms with Gasteiger partial charge in [-0.3, -0.25) is 9.59 Å². The van der Waals surface area contributed by atoms with E-state index in [0.717, 1.165) is 6.07 Å². The first-order valence-electron chi connectivity index (χ1n) is 7.04. The number of aromatic hydroxyl groups is 2. The Kier molecular flexibility index (Phi) is 4.84. The first kappa shape index (κ1) is 18.6. The van der Waals surface area contributed by atoms with Crippen molar-refractivity contribution in [2.45, 2.75) is 41.5 Å². The second-order valence-corrected chi connectivity index (χ2v) is 7.26. The van der Waals surface area contributed by atoms with Crippen LogP contribution in [0.15, 0.2) is 6.07 Å². The van der Waals surface area contributed by atoms with Crippen molar-refractivity contribution in [3.63, 3.8) is 0 Å². The maximum absolute atomic E-state index is 12.1. The summed E-state index contributed by atoms with van der Waals surface area (Å²) in [5.74, 6) is -3.04. The molecule has 1 aromatic carbocycles. The van der Waals surface area contributed by atoms with Crippen molar-refractivity contribution in [2.24, 2.45) is 10.8 Å². The molecule has 1 rings (SSSR count). The number of esters is 2. The van der Waals surface area contributed by atoms with Crippen LogP contribution in [0, 0.1) is 10.8 Å². The molecule has 0 heterocycles. The molecule has 0 bridgehead atoms. The first-order chi connectivity index (χ1) is 10.2. The first-order valence-corrected chi connectivity index (χ1v) is 7.04. The van der Waals surface area contributed by atoms with Crippen molar-refractivity contribution < 1.29 is 29.3 Å². The number of hydrogen-bond acceptors (Lipinski definition) is 7. The molecular formula is C16H23NO6. The molecule has 0 aromatic heterocycles. The van der Waals surface area contributed by atoms with Gasteiger partial charge < -0.3 is 25.4 Å². The van der Waals surface area contributed by atoms with E-state index in [-0.39, 0.29) is 17.2 Å². The topological polar surface area (TPSA) is 119 Å². The van der Waals surface area contributed by atoms with E-state index in [2.05, 4.69) is 0 Å². The molecular weight excluding hydrogens is 302 g/mol. The third kappa shape index (κ3) is 4.28. The van der Waals surface area contributed by atoms with Gasteiger partial charge in [0.2, 0.25) is 0 Å². The molecule has 0 atom stereocenters. The second kappa shape index (κ2) is 5.98. The van der Waals surface area contributed by atoms with E-state index in [1.165, 1.54) is 0 Å². The molecule has 0 unspecified atom stereocenters. The van der Waals surface area contributed by atoms with Crippen LogP contribution in [0.5, 0.6) is 23.0 Å². The molecule has 128 valence electrons. The Morgan fingerprint density at radius 1 is 0.957 bits per heavy atom. The highest BCUT2D eigenvalue weighted by atomic mass is 16.6. The van der Waals surface area contributed by atoms with E-state index >= 15 is 0 Å². The molecule has 0 saturated carbocycles. The van der Waals surface area contributed by atoms with Gasteiger partial charge in [-0.1, -0.05) is 0 Å². The van der Waals surface area contributed by atoms with Crippen molar-refractivity contribution >= 4 is 17.6 Å². The van der Waals surface area contributed by atoms with Gasteiger partial charge in [-0.15, -0.1) is 0 Å². The Morgan fingerprint density at radius 2 is 1.39 bits per heavy atom. The maximum atomic E-state index is 12.1. The Bertz CT molecular complexity index is 637. The highest BCUT2D eigenvalue weighted by Gasteiger charge is 2.30. The van der Waals surface area contributed by atoms with Crippen LogP contribution >= 0.6 is 0 Å². The average molecular weight is 325 g/mol. The Morgan fingerprint density at radius 3 is 1.83 bits per heavy atom. The smallest absolute Gasteiger partial charge is 0.316 e. The minimum Gasteiger partial charge on any atom is -0.504 e. The van der Waals surface area contributed by atoms with E-state index in [4.69, 9.17) is 15.2 Å². The van der Waals surface area contributed by atoms with E-state index in [1.54, 1.807) is 41.5 Å². The Labute approximate surface area is 135 Å². The zero-order chi connectivity index (χ0) is 18.2. The van der Waals surface area contributed by atoms with Crippen molar-refractivity contribution in [3.05, 3.63) is 6.07 Å². The molecule has 7 heteroatoms. The average Bonchev–Trinajstić information content (AvgIpc) is 2.38. The second-order valence-electron chi connectivity index (χ2n) is 7.26. The van der Waals surface area contributed by atoms with Gasteiger partial charge in [0.25, 0.3) is 0 Å². The third-order valence-corrected chi connectivity index (χ3v) is 2.86. The largest absolute Gasteiger partial charge is 0.504 e. The van der Waals surface area contributed by atoms with E-state index in [1.807, 2.05) is 0 Å². The molecule has 0 aliphatic rings. The summed E-state index contributed by atoms with van der Waals surface area (Å²) in [5, 5.41) is 19.4. The number of phenols is 2. The molecule has 0 aliphatic heterocycles. The highest BCUT2D eigenvalue weighted by molar-refractivity contribution is 5.85. The van der Waals surface area contributed by atoms with Crippen molar-refractivity contribution in [1.29, 1.82) is 0 Å². The molecule has 0 amide bonds. The number of carbonyl (C=O) groups excluding carboxylic acids is 2. The monoisotopic (exact) mass is 325 g/mol. The van der Waals surface area contributed by atoms with Gasteiger partial charge in [0, 0.05) is 6.07 Å². The molecule has 0 spiro atoms. The van der Waals surface area contributed by atoms with Gasteiger partial charge >= 0.3 is 11.9 Å².